The first-order valence-electron chi connectivity index (χ1n) is 10.2. The Labute approximate surface area is 169 Å². The fourth-order valence-corrected chi connectivity index (χ4v) is 3.98. The topological polar surface area (TPSA) is 88.9 Å². The highest BCUT2D eigenvalue weighted by atomic mass is 16.5. The molecule has 1 aliphatic heterocycles. The monoisotopic (exact) mass is 396 g/mol. The van der Waals surface area contributed by atoms with Crippen LogP contribution in [0.15, 0.2) is 29.1 Å². The quantitative estimate of drug-likeness (QED) is 0.689. The predicted molar refractivity (Wildman–Crippen MR) is 111 cm³/mol. The zero-order valence-electron chi connectivity index (χ0n) is 17.5. The molecule has 1 aromatic carbocycles. The predicted octanol–water partition coefficient (Wildman–Crippen LogP) is 2.85. The highest BCUT2D eigenvalue weighted by molar-refractivity contribution is 5.80. The third-order valence-corrected chi connectivity index (χ3v) is 6.06. The maximum Gasteiger partial charge on any atom is 0.253 e. The molecule has 0 radical (unpaired) electrons. The van der Waals surface area contributed by atoms with Gasteiger partial charge in [0.05, 0.1) is 12.6 Å². The molecule has 0 saturated carbocycles. The van der Waals surface area contributed by atoms with Crippen LogP contribution in [0.25, 0.3) is 10.9 Å². The van der Waals surface area contributed by atoms with Crippen molar-refractivity contribution in [2.24, 2.45) is 0 Å². The molecule has 1 N–H and O–H groups in total. The Morgan fingerprint density at radius 1 is 1.24 bits per heavy atom. The van der Waals surface area contributed by atoms with Gasteiger partial charge in [-0.3, -0.25) is 9.69 Å². The van der Waals surface area contributed by atoms with E-state index < -0.39 is 0 Å². The SMILES string of the molecule is CCC(C)(C)n1nnnc1C(c1cc2cc(OC)ccc2[nH]c1=O)N1CCCC1. The van der Waals surface area contributed by atoms with Gasteiger partial charge >= 0.3 is 0 Å². The smallest absolute Gasteiger partial charge is 0.253 e. The lowest BCUT2D eigenvalue weighted by atomic mass is 9.99. The Kier molecular flexibility index (Phi) is 5.12. The summed E-state index contributed by atoms with van der Waals surface area (Å²) in [4.78, 5) is 18.5. The molecular weight excluding hydrogens is 368 g/mol. The van der Waals surface area contributed by atoms with Gasteiger partial charge in [-0.05, 0) is 80.9 Å². The number of nitrogens with one attached hydrogen (secondary N) is 1. The fraction of sp³-hybridized carbons (Fsp3) is 0.524. The Morgan fingerprint density at radius 3 is 2.69 bits per heavy atom. The van der Waals surface area contributed by atoms with E-state index in [4.69, 9.17) is 4.74 Å². The minimum absolute atomic E-state index is 0.108. The van der Waals surface area contributed by atoms with E-state index in [1.165, 1.54) is 0 Å². The number of aromatic amines is 1. The largest absolute Gasteiger partial charge is 0.497 e. The summed E-state index contributed by atoms with van der Waals surface area (Å²) in [6.07, 6.45) is 3.09. The van der Waals surface area contributed by atoms with Crippen LogP contribution in [0, 0.1) is 0 Å². The summed E-state index contributed by atoms with van der Waals surface area (Å²) >= 11 is 0. The molecule has 0 amide bonds. The number of nitrogens with zero attached hydrogens (tertiary/aromatic N) is 5. The van der Waals surface area contributed by atoms with Crippen LogP contribution >= 0.6 is 0 Å². The molecule has 8 heteroatoms. The van der Waals surface area contributed by atoms with Crippen molar-refractivity contribution in [3.05, 3.63) is 46.0 Å². The van der Waals surface area contributed by atoms with Gasteiger partial charge < -0.3 is 9.72 Å². The lowest BCUT2D eigenvalue weighted by Crippen LogP contribution is -2.37. The van der Waals surface area contributed by atoms with Gasteiger partial charge in [0.2, 0.25) is 0 Å². The molecule has 4 rings (SSSR count). The van der Waals surface area contributed by atoms with Crippen LogP contribution in [0.1, 0.15) is 57.5 Å². The van der Waals surface area contributed by atoms with Crippen molar-refractivity contribution in [3.8, 4) is 5.75 Å². The second-order valence-electron chi connectivity index (χ2n) is 8.27. The molecule has 1 fully saturated rings. The van der Waals surface area contributed by atoms with E-state index in [9.17, 15) is 4.79 Å². The number of fused-ring (bicyclic) bond motifs is 1. The van der Waals surface area contributed by atoms with E-state index in [0.717, 1.165) is 49.0 Å². The van der Waals surface area contributed by atoms with Crippen LogP contribution in [-0.4, -0.2) is 50.3 Å². The average Bonchev–Trinajstić information content (AvgIpc) is 3.41. The Hall–Kier alpha value is -2.74. The summed E-state index contributed by atoms with van der Waals surface area (Å²) in [6, 6.07) is 7.32. The zero-order chi connectivity index (χ0) is 20.6. The minimum Gasteiger partial charge on any atom is -0.497 e. The first-order valence-corrected chi connectivity index (χ1v) is 10.2. The van der Waals surface area contributed by atoms with Gasteiger partial charge in [-0.2, -0.15) is 0 Å². The third-order valence-electron chi connectivity index (χ3n) is 6.06. The molecule has 0 spiro atoms. The van der Waals surface area contributed by atoms with Crippen LogP contribution in [0.4, 0.5) is 0 Å². The van der Waals surface area contributed by atoms with E-state index in [0.29, 0.717) is 11.4 Å². The van der Waals surface area contributed by atoms with E-state index in [-0.39, 0.29) is 17.1 Å². The van der Waals surface area contributed by atoms with Crippen molar-refractivity contribution in [3.63, 3.8) is 0 Å². The minimum atomic E-state index is -0.294. The summed E-state index contributed by atoms with van der Waals surface area (Å²) in [7, 11) is 1.64. The van der Waals surface area contributed by atoms with Crippen molar-refractivity contribution >= 4 is 10.9 Å². The molecule has 0 aliphatic carbocycles. The molecule has 8 nitrogen and oxygen atoms in total. The molecule has 29 heavy (non-hydrogen) atoms. The zero-order valence-corrected chi connectivity index (χ0v) is 17.5. The van der Waals surface area contributed by atoms with Crippen LogP contribution in [0.3, 0.4) is 0 Å². The second-order valence-corrected chi connectivity index (χ2v) is 8.27. The molecule has 3 heterocycles. The lowest BCUT2D eigenvalue weighted by Gasteiger charge is -2.30. The summed E-state index contributed by atoms with van der Waals surface area (Å²) < 4.78 is 7.24. The molecule has 2 aromatic heterocycles. The number of aromatic nitrogens is 5. The van der Waals surface area contributed by atoms with Gasteiger partial charge in [0.15, 0.2) is 5.82 Å². The first-order chi connectivity index (χ1) is 13.9. The average molecular weight is 396 g/mol. The number of hydrogen-bond acceptors (Lipinski definition) is 6. The van der Waals surface area contributed by atoms with Crippen molar-refractivity contribution in [2.75, 3.05) is 20.2 Å². The summed E-state index contributed by atoms with van der Waals surface area (Å²) in [5.74, 6) is 1.47. The highest BCUT2D eigenvalue weighted by Gasteiger charge is 2.35. The Morgan fingerprint density at radius 2 is 2.00 bits per heavy atom. The van der Waals surface area contributed by atoms with Gasteiger partial charge in [0.25, 0.3) is 5.56 Å². The number of ether oxygens (including phenoxy) is 1. The number of tetrazole rings is 1. The van der Waals surface area contributed by atoms with Gasteiger partial charge in [-0.15, -0.1) is 5.10 Å². The normalized spacial score (nSPS) is 16.4. The summed E-state index contributed by atoms with van der Waals surface area (Å²) in [5, 5.41) is 13.6. The van der Waals surface area contributed by atoms with E-state index >= 15 is 0 Å². The molecule has 1 aliphatic rings. The molecule has 0 bridgehead atoms. The summed E-state index contributed by atoms with van der Waals surface area (Å²) in [5.41, 5.74) is 1.09. The Balaban J connectivity index is 1.91. The van der Waals surface area contributed by atoms with Gasteiger partial charge in [0, 0.05) is 16.5 Å². The van der Waals surface area contributed by atoms with E-state index in [1.807, 2.05) is 28.9 Å². The maximum absolute atomic E-state index is 13.1. The fourth-order valence-electron chi connectivity index (χ4n) is 3.98. The lowest BCUT2D eigenvalue weighted by molar-refractivity contribution is 0.230. The maximum atomic E-state index is 13.1. The van der Waals surface area contributed by atoms with Crippen LogP contribution in [-0.2, 0) is 5.54 Å². The molecule has 1 saturated heterocycles. The molecule has 3 aromatic rings. The van der Waals surface area contributed by atoms with E-state index in [1.54, 1.807) is 7.11 Å². The number of methoxy groups -OCH3 is 1. The van der Waals surface area contributed by atoms with Crippen molar-refractivity contribution in [2.45, 2.75) is 51.6 Å². The van der Waals surface area contributed by atoms with Gasteiger partial charge in [0.1, 0.15) is 11.8 Å². The number of H-pyrrole nitrogens is 1. The summed E-state index contributed by atoms with van der Waals surface area (Å²) in [6.45, 7) is 8.18. The van der Waals surface area contributed by atoms with Gasteiger partial charge in [-0.25, -0.2) is 4.68 Å². The first kappa shape index (κ1) is 19.6. The number of likely N-dealkylation sites (tertiary alicyclic amines) is 1. The molecule has 1 atom stereocenters. The number of pyridine rings is 1. The molecular formula is C21H28N6O2. The third kappa shape index (κ3) is 3.53. The number of benzene rings is 1. The van der Waals surface area contributed by atoms with Crippen molar-refractivity contribution in [1.29, 1.82) is 0 Å². The van der Waals surface area contributed by atoms with Crippen molar-refractivity contribution < 1.29 is 4.74 Å². The molecule has 1 unspecified atom stereocenters. The second kappa shape index (κ2) is 7.59. The number of rotatable bonds is 6. The van der Waals surface area contributed by atoms with Crippen LogP contribution in [0.5, 0.6) is 5.75 Å². The van der Waals surface area contributed by atoms with Crippen LogP contribution in [0.2, 0.25) is 0 Å². The standard InChI is InChI=1S/C21H28N6O2/c1-5-21(2,3)27-19(23-24-25-27)18(26-10-6-7-11-26)16-13-14-12-15(29-4)8-9-17(14)22-20(16)28/h8-9,12-13,18H,5-7,10-11H2,1-4H3,(H,22,28). The molecule has 154 valence electrons. The van der Waals surface area contributed by atoms with E-state index in [2.05, 4.69) is 46.2 Å². The van der Waals surface area contributed by atoms with Crippen molar-refractivity contribution in [1.82, 2.24) is 30.1 Å². The number of hydrogen-bond donors (Lipinski definition) is 1. The Bertz CT molecular complexity index is 1060. The highest BCUT2D eigenvalue weighted by Crippen LogP contribution is 2.32. The van der Waals surface area contributed by atoms with Crippen LogP contribution < -0.4 is 10.3 Å². The van der Waals surface area contributed by atoms with Gasteiger partial charge in [-0.1, -0.05) is 6.92 Å².